The smallest absolute Gasteiger partial charge is 0.161 e. The zero-order chi connectivity index (χ0) is 13.6. The van der Waals surface area contributed by atoms with E-state index in [4.69, 9.17) is 9.47 Å². The number of ether oxygens (including phenoxy) is 2. The molecule has 2 fully saturated rings. The lowest BCUT2D eigenvalue weighted by molar-refractivity contribution is 0.171. The molecule has 3 heteroatoms. The van der Waals surface area contributed by atoms with Crippen molar-refractivity contribution < 1.29 is 9.47 Å². The third-order valence-corrected chi connectivity index (χ3v) is 5.16. The Morgan fingerprint density at radius 3 is 2.65 bits per heavy atom. The maximum atomic E-state index is 5.67. The maximum absolute atomic E-state index is 5.67. The van der Waals surface area contributed by atoms with Crippen LogP contribution in [0, 0.1) is 11.3 Å². The molecule has 0 aromatic heterocycles. The van der Waals surface area contributed by atoms with Gasteiger partial charge in [-0.15, -0.1) is 0 Å². The molecule has 4 rings (SSSR count). The summed E-state index contributed by atoms with van der Waals surface area (Å²) in [4.78, 5) is 0. The normalized spacial score (nSPS) is 24.2. The van der Waals surface area contributed by atoms with Gasteiger partial charge in [-0.2, -0.15) is 0 Å². The van der Waals surface area contributed by atoms with Crippen molar-refractivity contribution in [2.75, 3.05) is 19.8 Å². The van der Waals surface area contributed by atoms with Crippen LogP contribution in [0.2, 0.25) is 0 Å². The number of hydrogen-bond acceptors (Lipinski definition) is 3. The van der Waals surface area contributed by atoms with Gasteiger partial charge in [0, 0.05) is 12.6 Å². The van der Waals surface area contributed by atoms with Crippen LogP contribution in [0.25, 0.3) is 0 Å². The monoisotopic (exact) mass is 273 g/mol. The summed E-state index contributed by atoms with van der Waals surface area (Å²) in [5.74, 6) is 2.79. The quantitative estimate of drug-likeness (QED) is 0.893. The third kappa shape index (κ3) is 2.28. The second kappa shape index (κ2) is 4.66. The molecule has 1 unspecified atom stereocenters. The van der Waals surface area contributed by atoms with Gasteiger partial charge in [-0.25, -0.2) is 0 Å². The molecule has 108 valence electrons. The first-order valence-corrected chi connectivity index (χ1v) is 7.90. The molecule has 3 aliphatic rings. The number of benzene rings is 1. The molecule has 1 aliphatic heterocycles. The van der Waals surface area contributed by atoms with E-state index in [1.165, 1.54) is 37.8 Å². The van der Waals surface area contributed by atoms with Crippen LogP contribution in [0.15, 0.2) is 18.2 Å². The zero-order valence-corrected chi connectivity index (χ0v) is 12.2. The van der Waals surface area contributed by atoms with E-state index >= 15 is 0 Å². The molecule has 20 heavy (non-hydrogen) atoms. The summed E-state index contributed by atoms with van der Waals surface area (Å²) < 4.78 is 11.2. The van der Waals surface area contributed by atoms with E-state index in [1.54, 1.807) is 0 Å². The Kier molecular flexibility index (Phi) is 2.92. The fourth-order valence-electron chi connectivity index (χ4n) is 3.39. The van der Waals surface area contributed by atoms with Gasteiger partial charge in [0.1, 0.15) is 13.2 Å². The van der Waals surface area contributed by atoms with E-state index in [1.807, 2.05) is 6.07 Å². The van der Waals surface area contributed by atoms with E-state index in [9.17, 15) is 0 Å². The van der Waals surface area contributed by atoms with Gasteiger partial charge >= 0.3 is 0 Å². The van der Waals surface area contributed by atoms with Crippen LogP contribution >= 0.6 is 0 Å². The molecule has 0 radical (unpaired) electrons. The first kappa shape index (κ1) is 12.5. The van der Waals surface area contributed by atoms with E-state index in [0.29, 0.717) is 24.7 Å². The molecule has 3 nitrogen and oxygen atoms in total. The SMILES string of the molecule is CC(NCC1(C2CC2)CC1)c1ccc2c(c1)OCCO2. The van der Waals surface area contributed by atoms with Gasteiger partial charge < -0.3 is 14.8 Å². The summed E-state index contributed by atoms with van der Waals surface area (Å²) in [7, 11) is 0. The van der Waals surface area contributed by atoms with Crippen molar-refractivity contribution in [2.24, 2.45) is 11.3 Å². The highest BCUT2D eigenvalue weighted by Gasteiger charge is 2.53. The lowest BCUT2D eigenvalue weighted by Gasteiger charge is -2.23. The van der Waals surface area contributed by atoms with Crippen LogP contribution in [-0.2, 0) is 0 Å². The van der Waals surface area contributed by atoms with Gasteiger partial charge in [0.15, 0.2) is 11.5 Å². The predicted octanol–water partition coefficient (Wildman–Crippen LogP) is 3.30. The van der Waals surface area contributed by atoms with Crippen molar-refractivity contribution in [2.45, 2.75) is 38.6 Å². The van der Waals surface area contributed by atoms with Crippen molar-refractivity contribution in [3.8, 4) is 11.5 Å². The topological polar surface area (TPSA) is 30.5 Å². The van der Waals surface area contributed by atoms with Crippen molar-refractivity contribution in [1.82, 2.24) is 5.32 Å². The highest BCUT2D eigenvalue weighted by molar-refractivity contribution is 5.44. The molecule has 0 spiro atoms. The molecular formula is C17H23NO2. The van der Waals surface area contributed by atoms with Crippen LogP contribution in [0.1, 0.15) is 44.2 Å². The Balaban J connectivity index is 1.41. The maximum Gasteiger partial charge on any atom is 0.161 e. The first-order valence-electron chi connectivity index (χ1n) is 7.90. The Morgan fingerprint density at radius 1 is 1.20 bits per heavy atom. The van der Waals surface area contributed by atoms with Gasteiger partial charge in [-0.3, -0.25) is 0 Å². The predicted molar refractivity (Wildman–Crippen MR) is 78.2 cm³/mol. The lowest BCUT2D eigenvalue weighted by Crippen LogP contribution is -2.28. The van der Waals surface area contributed by atoms with Gasteiger partial charge in [0.05, 0.1) is 0 Å². The minimum atomic E-state index is 0.377. The lowest BCUT2D eigenvalue weighted by atomic mass is 9.99. The van der Waals surface area contributed by atoms with Crippen molar-refractivity contribution in [3.63, 3.8) is 0 Å². The standard InChI is InChI=1S/C17H23NO2/c1-12(18-11-17(6-7-17)14-3-4-14)13-2-5-15-16(10-13)20-9-8-19-15/h2,5,10,12,14,18H,3-4,6-9,11H2,1H3. The largest absolute Gasteiger partial charge is 0.486 e. The van der Waals surface area contributed by atoms with E-state index < -0.39 is 0 Å². The van der Waals surface area contributed by atoms with Gasteiger partial charge in [0.2, 0.25) is 0 Å². The van der Waals surface area contributed by atoms with Crippen LogP contribution < -0.4 is 14.8 Å². The van der Waals surface area contributed by atoms with Crippen molar-refractivity contribution in [3.05, 3.63) is 23.8 Å². The van der Waals surface area contributed by atoms with E-state index in [0.717, 1.165) is 17.4 Å². The summed E-state index contributed by atoms with van der Waals surface area (Å²) in [5, 5.41) is 3.73. The average molecular weight is 273 g/mol. The molecule has 0 amide bonds. The summed E-state index contributed by atoms with van der Waals surface area (Å²) in [5.41, 5.74) is 1.95. The fourth-order valence-corrected chi connectivity index (χ4v) is 3.39. The summed E-state index contributed by atoms with van der Waals surface area (Å²) in [6, 6.07) is 6.70. The first-order chi connectivity index (χ1) is 9.77. The second-order valence-electron chi connectivity index (χ2n) is 6.64. The summed E-state index contributed by atoms with van der Waals surface area (Å²) in [6.45, 7) is 4.73. The van der Waals surface area contributed by atoms with Crippen LogP contribution in [-0.4, -0.2) is 19.8 Å². The molecule has 1 aromatic carbocycles. The van der Waals surface area contributed by atoms with Crippen LogP contribution in [0.3, 0.4) is 0 Å². The fraction of sp³-hybridized carbons (Fsp3) is 0.647. The van der Waals surface area contributed by atoms with E-state index in [2.05, 4.69) is 24.4 Å². The molecule has 0 saturated heterocycles. The minimum Gasteiger partial charge on any atom is -0.486 e. The molecule has 2 aliphatic carbocycles. The average Bonchev–Trinajstić information content (AvgIpc) is 3.37. The molecule has 2 saturated carbocycles. The number of rotatable bonds is 5. The van der Waals surface area contributed by atoms with Gasteiger partial charge in [-0.1, -0.05) is 6.07 Å². The summed E-state index contributed by atoms with van der Waals surface area (Å²) >= 11 is 0. The zero-order valence-electron chi connectivity index (χ0n) is 12.2. The number of fused-ring (bicyclic) bond motifs is 1. The Labute approximate surface area is 120 Å². The molecule has 0 bridgehead atoms. The Bertz CT molecular complexity index is 506. The molecule has 1 aromatic rings. The molecule has 1 N–H and O–H groups in total. The van der Waals surface area contributed by atoms with E-state index in [-0.39, 0.29) is 0 Å². The van der Waals surface area contributed by atoms with Gasteiger partial charge in [-0.05, 0) is 61.6 Å². The molecule has 1 heterocycles. The minimum absolute atomic E-state index is 0.377. The number of nitrogens with one attached hydrogen (secondary N) is 1. The molecular weight excluding hydrogens is 250 g/mol. The Morgan fingerprint density at radius 2 is 1.95 bits per heavy atom. The Hall–Kier alpha value is -1.22. The number of hydrogen-bond donors (Lipinski definition) is 1. The van der Waals surface area contributed by atoms with Crippen molar-refractivity contribution >= 4 is 0 Å². The second-order valence-corrected chi connectivity index (χ2v) is 6.64. The van der Waals surface area contributed by atoms with Crippen molar-refractivity contribution in [1.29, 1.82) is 0 Å². The van der Waals surface area contributed by atoms with Crippen LogP contribution in [0.4, 0.5) is 0 Å². The highest BCUT2D eigenvalue weighted by atomic mass is 16.6. The van der Waals surface area contributed by atoms with Crippen LogP contribution in [0.5, 0.6) is 11.5 Å². The van der Waals surface area contributed by atoms with Gasteiger partial charge in [0.25, 0.3) is 0 Å². The molecule has 1 atom stereocenters. The highest BCUT2D eigenvalue weighted by Crippen LogP contribution is 2.61. The third-order valence-electron chi connectivity index (χ3n) is 5.16. The summed E-state index contributed by atoms with van der Waals surface area (Å²) in [6.07, 6.45) is 5.78.